The predicted molar refractivity (Wildman–Crippen MR) is 65.7 cm³/mol. The molecule has 1 atom stereocenters. The molecule has 0 amide bonds. The van der Waals surface area contributed by atoms with E-state index >= 15 is 0 Å². The molecule has 1 aromatic heterocycles. The number of alkyl halides is 3. The highest BCUT2D eigenvalue weighted by molar-refractivity contribution is 5.37. The highest BCUT2D eigenvalue weighted by atomic mass is 19.4. The Kier molecular flexibility index (Phi) is 3.61. The van der Waals surface area contributed by atoms with Crippen LogP contribution in [0.4, 0.5) is 13.2 Å². The maximum Gasteiger partial charge on any atom is 0.416 e. The Balaban J connectivity index is 2.40. The average molecular weight is 269 g/mol. The molecule has 2 aromatic rings. The monoisotopic (exact) mass is 269 g/mol. The second-order valence-electron chi connectivity index (χ2n) is 4.27. The normalized spacial score (nSPS) is 13.5. The van der Waals surface area contributed by atoms with Crippen molar-refractivity contribution in [1.82, 2.24) is 15.3 Å². The molecule has 0 spiro atoms. The molecule has 0 saturated heterocycles. The SMILES string of the molecule is CNC(c1ncc[nH]1)c1ccc(C(F)(F)F)cc1C. The van der Waals surface area contributed by atoms with Crippen molar-refractivity contribution in [3.63, 3.8) is 0 Å². The molecular formula is C13H14F3N3. The van der Waals surface area contributed by atoms with Crippen LogP contribution in [0.2, 0.25) is 0 Å². The first-order valence-electron chi connectivity index (χ1n) is 5.77. The lowest BCUT2D eigenvalue weighted by atomic mass is 9.98. The van der Waals surface area contributed by atoms with E-state index in [0.717, 1.165) is 17.7 Å². The summed E-state index contributed by atoms with van der Waals surface area (Å²) in [6, 6.07) is 3.48. The molecule has 0 fully saturated rings. The Hall–Kier alpha value is -1.82. The zero-order valence-corrected chi connectivity index (χ0v) is 10.5. The lowest BCUT2D eigenvalue weighted by molar-refractivity contribution is -0.137. The lowest BCUT2D eigenvalue weighted by Gasteiger charge is -2.18. The van der Waals surface area contributed by atoms with Crippen LogP contribution in [0.15, 0.2) is 30.6 Å². The minimum absolute atomic E-state index is 0.253. The number of aromatic nitrogens is 2. The van der Waals surface area contributed by atoms with Crippen LogP contribution < -0.4 is 5.32 Å². The summed E-state index contributed by atoms with van der Waals surface area (Å²) < 4.78 is 37.9. The molecule has 102 valence electrons. The number of rotatable bonds is 3. The number of hydrogen-bond acceptors (Lipinski definition) is 2. The third-order valence-corrected chi connectivity index (χ3v) is 2.99. The maximum absolute atomic E-state index is 12.6. The number of H-pyrrole nitrogens is 1. The van der Waals surface area contributed by atoms with Crippen LogP contribution >= 0.6 is 0 Å². The number of imidazole rings is 1. The van der Waals surface area contributed by atoms with Gasteiger partial charge >= 0.3 is 6.18 Å². The molecule has 0 aliphatic heterocycles. The average Bonchev–Trinajstić information content (AvgIpc) is 2.84. The van der Waals surface area contributed by atoms with E-state index in [-0.39, 0.29) is 6.04 Å². The minimum Gasteiger partial charge on any atom is -0.347 e. The Bertz CT molecular complexity index is 547. The van der Waals surface area contributed by atoms with Gasteiger partial charge in [-0.2, -0.15) is 13.2 Å². The molecule has 2 rings (SSSR count). The van der Waals surface area contributed by atoms with Gasteiger partial charge in [0.15, 0.2) is 0 Å². The second-order valence-corrected chi connectivity index (χ2v) is 4.27. The van der Waals surface area contributed by atoms with Crippen molar-refractivity contribution in [1.29, 1.82) is 0 Å². The van der Waals surface area contributed by atoms with Crippen LogP contribution in [0.3, 0.4) is 0 Å². The first kappa shape index (κ1) is 13.6. The van der Waals surface area contributed by atoms with Gasteiger partial charge in [0, 0.05) is 12.4 Å². The fraction of sp³-hybridized carbons (Fsp3) is 0.308. The van der Waals surface area contributed by atoms with E-state index in [1.807, 2.05) is 0 Å². The van der Waals surface area contributed by atoms with E-state index in [1.54, 1.807) is 26.4 Å². The van der Waals surface area contributed by atoms with Gasteiger partial charge in [0.1, 0.15) is 5.82 Å². The summed E-state index contributed by atoms with van der Waals surface area (Å²) >= 11 is 0. The van der Waals surface area contributed by atoms with E-state index in [2.05, 4.69) is 15.3 Å². The summed E-state index contributed by atoms with van der Waals surface area (Å²) in [6.45, 7) is 1.66. The van der Waals surface area contributed by atoms with E-state index in [1.165, 1.54) is 6.07 Å². The standard InChI is InChI=1S/C13H14F3N3/c1-8-7-9(13(14,15)16)3-4-10(8)11(17-2)12-18-5-6-19-12/h3-7,11,17H,1-2H3,(H,18,19). The van der Waals surface area contributed by atoms with Crippen molar-refractivity contribution in [3.8, 4) is 0 Å². The maximum atomic E-state index is 12.6. The van der Waals surface area contributed by atoms with Crippen molar-refractivity contribution in [2.24, 2.45) is 0 Å². The number of hydrogen-bond donors (Lipinski definition) is 2. The van der Waals surface area contributed by atoms with Gasteiger partial charge in [-0.1, -0.05) is 6.07 Å². The van der Waals surface area contributed by atoms with Gasteiger partial charge in [-0.3, -0.25) is 0 Å². The molecule has 1 heterocycles. The Morgan fingerprint density at radius 2 is 2.05 bits per heavy atom. The van der Waals surface area contributed by atoms with Crippen LogP contribution in [-0.4, -0.2) is 17.0 Å². The van der Waals surface area contributed by atoms with E-state index < -0.39 is 11.7 Å². The smallest absolute Gasteiger partial charge is 0.347 e. The quantitative estimate of drug-likeness (QED) is 0.899. The second kappa shape index (κ2) is 5.05. The highest BCUT2D eigenvalue weighted by Gasteiger charge is 2.31. The number of nitrogens with one attached hydrogen (secondary N) is 2. The summed E-state index contributed by atoms with van der Waals surface area (Å²) in [6.07, 6.45) is -1.03. The molecule has 2 N–H and O–H groups in total. The van der Waals surface area contributed by atoms with Gasteiger partial charge in [0.25, 0.3) is 0 Å². The molecule has 19 heavy (non-hydrogen) atoms. The molecule has 0 bridgehead atoms. The summed E-state index contributed by atoms with van der Waals surface area (Å²) in [5.41, 5.74) is 0.707. The fourth-order valence-corrected chi connectivity index (χ4v) is 2.05. The van der Waals surface area contributed by atoms with Crippen LogP contribution in [0.5, 0.6) is 0 Å². The molecule has 1 unspecified atom stereocenters. The molecular weight excluding hydrogens is 255 g/mol. The van der Waals surface area contributed by atoms with Gasteiger partial charge in [-0.25, -0.2) is 4.98 Å². The molecule has 0 aliphatic rings. The number of aromatic amines is 1. The van der Waals surface area contributed by atoms with Crippen LogP contribution in [-0.2, 0) is 6.18 Å². The van der Waals surface area contributed by atoms with Crippen molar-refractivity contribution >= 4 is 0 Å². The molecule has 0 radical (unpaired) electrons. The Morgan fingerprint density at radius 3 is 2.53 bits per heavy atom. The number of benzene rings is 1. The lowest BCUT2D eigenvalue weighted by Crippen LogP contribution is -2.20. The molecule has 0 aliphatic carbocycles. The van der Waals surface area contributed by atoms with Gasteiger partial charge in [0.05, 0.1) is 11.6 Å². The van der Waals surface area contributed by atoms with Crippen LogP contribution in [0.25, 0.3) is 0 Å². The zero-order chi connectivity index (χ0) is 14.0. The number of nitrogens with zero attached hydrogens (tertiary/aromatic N) is 1. The van der Waals surface area contributed by atoms with Gasteiger partial charge in [-0.15, -0.1) is 0 Å². The van der Waals surface area contributed by atoms with E-state index in [4.69, 9.17) is 0 Å². The van der Waals surface area contributed by atoms with Crippen molar-refractivity contribution < 1.29 is 13.2 Å². The largest absolute Gasteiger partial charge is 0.416 e. The Morgan fingerprint density at radius 1 is 1.32 bits per heavy atom. The molecule has 0 saturated carbocycles. The topological polar surface area (TPSA) is 40.7 Å². The predicted octanol–water partition coefficient (Wildman–Crippen LogP) is 3.05. The minimum atomic E-state index is -4.32. The van der Waals surface area contributed by atoms with Crippen molar-refractivity contribution in [3.05, 3.63) is 53.1 Å². The van der Waals surface area contributed by atoms with Gasteiger partial charge in [-0.05, 0) is 37.2 Å². The molecule has 3 nitrogen and oxygen atoms in total. The summed E-state index contributed by atoms with van der Waals surface area (Å²) in [7, 11) is 1.74. The van der Waals surface area contributed by atoms with Crippen LogP contribution in [0.1, 0.15) is 28.6 Å². The third kappa shape index (κ3) is 2.78. The van der Waals surface area contributed by atoms with E-state index in [9.17, 15) is 13.2 Å². The van der Waals surface area contributed by atoms with E-state index in [0.29, 0.717) is 11.4 Å². The van der Waals surface area contributed by atoms with Crippen molar-refractivity contribution in [2.75, 3.05) is 7.05 Å². The molecule has 1 aromatic carbocycles. The zero-order valence-electron chi connectivity index (χ0n) is 10.5. The number of halogens is 3. The fourth-order valence-electron chi connectivity index (χ4n) is 2.05. The molecule has 6 heteroatoms. The van der Waals surface area contributed by atoms with Gasteiger partial charge in [0.2, 0.25) is 0 Å². The summed E-state index contributed by atoms with van der Waals surface area (Å²) in [5, 5.41) is 3.04. The third-order valence-electron chi connectivity index (χ3n) is 2.99. The number of aryl methyl sites for hydroxylation is 1. The van der Waals surface area contributed by atoms with Gasteiger partial charge < -0.3 is 10.3 Å². The summed E-state index contributed by atoms with van der Waals surface area (Å²) in [5.74, 6) is 0.672. The van der Waals surface area contributed by atoms with Crippen LogP contribution in [0, 0.1) is 6.92 Å². The van der Waals surface area contributed by atoms with Crippen molar-refractivity contribution in [2.45, 2.75) is 19.1 Å². The first-order valence-corrected chi connectivity index (χ1v) is 5.77. The first-order chi connectivity index (χ1) is 8.93. The Labute approximate surface area is 108 Å². The summed E-state index contributed by atoms with van der Waals surface area (Å²) in [4.78, 5) is 7.10. The highest BCUT2D eigenvalue weighted by Crippen LogP contribution is 2.32.